The summed E-state index contributed by atoms with van der Waals surface area (Å²) in [4.78, 5) is 2.62. The van der Waals surface area contributed by atoms with Crippen LogP contribution in [0.2, 0.25) is 0 Å². The van der Waals surface area contributed by atoms with Gasteiger partial charge in [0.1, 0.15) is 0 Å². The Morgan fingerprint density at radius 3 is 2.79 bits per heavy atom. The highest BCUT2D eigenvalue weighted by Gasteiger charge is 2.17. The van der Waals surface area contributed by atoms with Crippen LogP contribution in [-0.4, -0.2) is 37.6 Å². The summed E-state index contributed by atoms with van der Waals surface area (Å²) < 4.78 is 0. The fourth-order valence-corrected chi connectivity index (χ4v) is 2.34. The molecule has 0 bridgehead atoms. The fraction of sp³-hybridized carbons (Fsp3) is 1.00. The lowest BCUT2D eigenvalue weighted by molar-refractivity contribution is 0.310. The van der Waals surface area contributed by atoms with Gasteiger partial charge in [0, 0.05) is 12.6 Å². The van der Waals surface area contributed by atoms with E-state index in [1.54, 1.807) is 0 Å². The normalized spacial score (nSPS) is 25.5. The summed E-state index contributed by atoms with van der Waals surface area (Å²) in [5.41, 5.74) is 0. The minimum absolute atomic E-state index is 0.732. The minimum Gasteiger partial charge on any atom is -0.317 e. The van der Waals surface area contributed by atoms with Gasteiger partial charge in [-0.3, -0.25) is 0 Å². The molecule has 0 saturated carbocycles. The van der Waals surface area contributed by atoms with E-state index in [-0.39, 0.29) is 0 Å². The second kappa shape index (κ2) is 6.41. The van der Waals surface area contributed by atoms with E-state index in [9.17, 15) is 0 Å². The summed E-state index contributed by atoms with van der Waals surface area (Å²) in [5, 5.41) is 3.37. The molecule has 14 heavy (non-hydrogen) atoms. The van der Waals surface area contributed by atoms with Gasteiger partial charge in [-0.25, -0.2) is 0 Å². The summed E-state index contributed by atoms with van der Waals surface area (Å²) in [5.74, 6) is 0.932. The summed E-state index contributed by atoms with van der Waals surface area (Å²) in [7, 11) is 2.08. The molecule has 1 N–H and O–H groups in total. The maximum absolute atomic E-state index is 3.37. The number of nitrogens with one attached hydrogen (secondary N) is 1. The van der Waals surface area contributed by atoms with E-state index >= 15 is 0 Å². The van der Waals surface area contributed by atoms with E-state index in [0.717, 1.165) is 12.0 Å². The van der Waals surface area contributed by atoms with Crippen LogP contribution in [0.15, 0.2) is 0 Å². The first kappa shape index (κ1) is 12.0. The molecular weight excluding hydrogens is 172 g/mol. The quantitative estimate of drug-likeness (QED) is 0.703. The van der Waals surface area contributed by atoms with Crippen LogP contribution in [0.1, 0.15) is 39.5 Å². The Kier molecular flexibility index (Phi) is 5.49. The van der Waals surface area contributed by atoms with Crippen LogP contribution in [0, 0.1) is 5.92 Å². The van der Waals surface area contributed by atoms with E-state index in [1.807, 2.05) is 0 Å². The zero-order valence-corrected chi connectivity index (χ0v) is 10.1. The van der Waals surface area contributed by atoms with Gasteiger partial charge in [-0.1, -0.05) is 13.8 Å². The van der Waals surface area contributed by atoms with Crippen LogP contribution in [-0.2, 0) is 0 Å². The minimum atomic E-state index is 0.732. The van der Waals surface area contributed by atoms with E-state index in [0.29, 0.717) is 0 Å². The summed E-state index contributed by atoms with van der Waals surface area (Å²) in [6, 6.07) is 0.732. The lowest BCUT2D eigenvalue weighted by Crippen LogP contribution is -2.27. The molecule has 0 amide bonds. The molecular formula is C12H26N2. The molecule has 2 unspecified atom stereocenters. The van der Waals surface area contributed by atoms with Crippen LogP contribution in [0.4, 0.5) is 0 Å². The molecule has 1 heterocycles. The second-order valence-corrected chi connectivity index (χ2v) is 4.73. The molecule has 1 fully saturated rings. The van der Waals surface area contributed by atoms with Gasteiger partial charge in [0.15, 0.2) is 0 Å². The maximum atomic E-state index is 3.37. The number of rotatable bonds is 6. The van der Waals surface area contributed by atoms with Crippen molar-refractivity contribution < 1.29 is 0 Å². The Morgan fingerprint density at radius 1 is 1.50 bits per heavy atom. The van der Waals surface area contributed by atoms with Crippen molar-refractivity contribution in [2.24, 2.45) is 5.92 Å². The summed E-state index contributed by atoms with van der Waals surface area (Å²) in [6.07, 6.45) is 5.35. The fourth-order valence-electron chi connectivity index (χ4n) is 2.34. The SMILES string of the molecule is CCC(CCCN1CCC(C)C1)NC. The number of hydrogen-bond donors (Lipinski definition) is 1. The first-order chi connectivity index (χ1) is 6.76. The highest BCUT2D eigenvalue weighted by atomic mass is 15.1. The van der Waals surface area contributed by atoms with Crippen molar-refractivity contribution in [3.63, 3.8) is 0 Å². The van der Waals surface area contributed by atoms with Gasteiger partial charge in [0.2, 0.25) is 0 Å². The molecule has 1 rings (SSSR count). The van der Waals surface area contributed by atoms with Crippen molar-refractivity contribution in [1.29, 1.82) is 0 Å². The Hall–Kier alpha value is -0.0800. The van der Waals surface area contributed by atoms with Gasteiger partial charge in [-0.2, -0.15) is 0 Å². The molecule has 0 aliphatic carbocycles. The highest BCUT2D eigenvalue weighted by molar-refractivity contribution is 4.73. The molecule has 0 aromatic carbocycles. The second-order valence-electron chi connectivity index (χ2n) is 4.73. The maximum Gasteiger partial charge on any atom is 0.00619 e. The standard InChI is InChI=1S/C12H26N2/c1-4-12(13-3)6-5-8-14-9-7-11(2)10-14/h11-13H,4-10H2,1-3H3. The number of likely N-dealkylation sites (tertiary alicyclic amines) is 1. The third kappa shape index (κ3) is 3.97. The molecule has 0 aromatic heterocycles. The highest BCUT2D eigenvalue weighted by Crippen LogP contribution is 2.15. The van der Waals surface area contributed by atoms with E-state index in [1.165, 1.54) is 45.3 Å². The van der Waals surface area contributed by atoms with Crippen LogP contribution < -0.4 is 5.32 Å². The number of nitrogens with zero attached hydrogens (tertiary/aromatic N) is 1. The Morgan fingerprint density at radius 2 is 2.29 bits per heavy atom. The van der Waals surface area contributed by atoms with E-state index < -0.39 is 0 Å². The van der Waals surface area contributed by atoms with Crippen LogP contribution in [0.3, 0.4) is 0 Å². The van der Waals surface area contributed by atoms with Gasteiger partial charge in [0.25, 0.3) is 0 Å². The predicted molar refractivity (Wildman–Crippen MR) is 62.6 cm³/mol. The van der Waals surface area contributed by atoms with Gasteiger partial charge in [-0.05, 0) is 51.7 Å². The largest absolute Gasteiger partial charge is 0.317 e. The zero-order chi connectivity index (χ0) is 10.4. The van der Waals surface area contributed by atoms with Gasteiger partial charge in [-0.15, -0.1) is 0 Å². The molecule has 2 atom stereocenters. The van der Waals surface area contributed by atoms with Gasteiger partial charge >= 0.3 is 0 Å². The molecule has 0 aromatic rings. The average Bonchev–Trinajstić information content (AvgIpc) is 2.59. The van der Waals surface area contributed by atoms with Crippen molar-refractivity contribution in [3.8, 4) is 0 Å². The number of hydrogen-bond acceptors (Lipinski definition) is 2. The van der Waals surface area contributed by atoms with Crippen molar-refractivity contribution >= 4 is 0 Å². The van der Waals surface area contributed by atoms with E-state index in [4.69, 9.17) is 0 Å². The average molecular weight is 198 g/mol. The smallest absolute Gasteiger partial charge is 0.00619 e. The third-order valence-electron chi connectivity index (χ3n) is 3.44. The molecule has 0 radical (unpaired) electrons. The van der Waals surface area contributed by atoms with E-state index in [2.05, 4.69) is 31.1 Å². The lowest BCUT2D eigenvalue weighted by Gasteiger charge is -2.18. The third-order valence-corrected chi connectivity index (χ3v) is 3.44. The summed E-state index contributed by atoms with van der Waals surface area (Å²) in [6.45, 7) is 8.60. The Labute approximate surface area is 89.1 Å². The van der Waals surface area contributed by atoms with Crippen LogP contribution in [0.25, 0.3) is 0 Å². The first-order valence-electron chi connectivity index (χ1n) is 6.15. The van der Waals surface area contributed by atoms with Crippen molar-refractivity contribution in [2.75, 3.05) is 26.7 Å². The van der Waals surface area contributed by atoms with Gasteiger partial charge < -0.3 is 10.2 Å². The molecule has 2 heteroatoms. The zero-order valence-electron chi connectivity index (χ0n) is 10.1. The molecule has 1 aliphatic rings. The van der Waals surface area contributed by atoms with Gasteiger partial charge in [0.05, 0.1) is 0 Å². The molecule has 2 nitrogen and oxygen atoms in total. The van der Waals surface area contributed by atoms with Crippen molar-refractivity contribution in [2.45, 2.75) is 45.6 Å². The summed E-state index contributed by atoms with van der Waals surface area (Å²) >= 11 is 0. The Balaban J connectivity index is 2.03. The first-order valence-corrected chi connectivity index (χ1v) is 6.15. The molecule has 84 valence electrons. The molecule has 1 saturated heterocycles. The Bertz CT molecular complexity index is 143. The van der Waals surface area contributed by atoms with Crippen LogP contribution >= 0.6 is 0 Å². The van der Waals surface area contributed by atoms with Crippen molar-refractivity contribution in [3.05, 3.63) is 0 Å². The molecule has 1 aliphatic heterocycles. The molecule has 0 spiro atoms. The topological polar surface area (TPSA) is 15.3 Å². The van der Waals surface area contributed by atoms with Crippen molar-refractivity contribution in [1.82, 2.24) is 10.2 Å². The van der Waals surface area contributed by atoms with Crippen LogP contribution in [0.5, 0.6) is 0 Å². The predicted octanol–water partition coefficient (Wildman–Crippen LogP) is 2.11. The monoisotopic (exact) mass is 198 g/mol. The lowest BCUT2D eigenvalue weighted by atomic mass is 10.1.